The van der Waals surface area contributed by atoms with Crippen LogP contribution < -0.4 is 5.32 Å². The van der Waals surface area contributed by atoms with Crippen LogP contribution in [0.3, 0.4) is 0 Å². The summed E-state index contributed by atoms with van der Waals surface area (Å²) in [6.45, 7) is 5.48. The van der Waals surface area contributed by atoms with Crippen molar-refractivity contribution in [2.24, 2.45) is 0 Å². The van der Waals surface area contributed by atoms with Gasteiger partial charge in [0.2, 0.25) is 5.91 Å². The molecular weight excluding hydrogens is 372 g/mol. The molecule has 1 aliphatic rings. The van der Waals surface area contributed by atoms with Crippen LogP contribution in [0.4, 0.5) is 5.69 Å². The van der Waals surface area contributed by atoms with Crippen LogP contribution in [0.5, 0.6) is 0 Å². The van der Waals surface area contributed by atoms with Gasteiger partial charge in [-0.2, -0.15) is 0 Å². The van der Waals surface area contributed by atoms with Crippen molar-refractivity contribution in [3.05, 3.63) is 51.2 Å². The van der Waals surface area contributed by atoms with E-state index in [0.717, 1.165) is 35.7 Å². The molecule has 0 saturated carbocycles. The van der Waals surface area contributed by atoms with E-state index < -0.39 is 0 Å². The first kappa shape index (κ1) is 20.3. The van der Waals surface area contributed by atoms with E-state index in [4.69, 9.17) is 0 Å². The van der Waals surface area contributed by atoms with Crippen molar-refractivity contribution < 1.29 is 14.4 Å². The second-order valence-corrected chi connectivity index (χ2v) is 8.69. The maximum atomic E-state index is 12.6. The zero-order valence-electron chi connectivity index (χ0n) is 16.4. The highest BCUT2D eigenvalue weighted by atomic mass is 32.1. The summed E-state index contributed by atoms with van der Waals surface area (Å²) in [5, 5.41) is 2.81. The van der Waals surface area contributed by atoms with Gasteiger partial charge in [-0.1, -0.05) is 6.07 Å². The third kappa shape index (κ3) is 5.07. The molecule has 2 amide bonds. The highest BCUT2D eigenvalue weighted by Crippen LogP contribution is 2.22. The monoisotopic (exact) mass is 398 g/mol. The highest BCUT2D eigenvalue weighted by molar-refractivity contribution is 7.12. The minimum Gasteiger partial charge on any atom is -0.339 e. The van der Waals surface area contributed by atoms with Crippen LogP contribution in [-0.2, 0) is 4.79 Å². The van der Waals surface area contributed by atoms with Crippen molar-refractivity contribution in [3.63, 3.8) is 0 Å². The molecule has 0 radical (unpaired) electrons. The van der Waals surface area contributed by atoms with E-state index in [9.17, 15) is 14.4 Å². The van der Waals surface area contributed by atoms with Crippen LogP contribution in [0.2, 0.25) is 0 Å². The van der Waals surface area contributed by atoms with Gasteiger partial charge in [0.1, 0.15) is 0 Å². The fourth-order valence-corrected chi connectivity index (χ4v) is 4.44. The number of benzene rings is 1. The number of piperidine rings is 1. The first-order valence-corrected chi connectivity index (χ1v) is 10.5. The van der Waals surface area contributed by atoms with Gasteiger partial charge in [-0.05, 0) is 57.4 Å². The lowest BCUT2D eigenvalue weighted by Gasteiger charge is -2.26. The minimum atomic E-state index is -0.222. The van der Waals surface area contributed by atoms with Crippen LogP contribution in [0.1, 0.15) is 62.6 Å². The third-order valence-electron chi connectivity index (χ3n) is 4.96. The first-order chi connectivity index (χ1) is 13.4. The van der Waals surface area contributed by atoms with Gasteiger partial charge in [0.05, 0.1) is 0 Å². The molecule has 1 saturated heterocycles. The normalized spacial score (nSPS) is 14.0. The van der Waals surface area contributed by atoms with Gasteiger partial charge in [0.25, 0.3) is 5.91 Å². The van der Waals surface area contributed by atoms with E-state index in [1.807, 2.05) is 24.8 Å². The molecule has 148 valence electrons. The number of carbonyl (C=O) groups excluding carboxylic acids is 3. The van der Waals surface area contributed by atoms with E-state index >= 15 is 0 Å². The zero-order chi connectivity index (χ0) is 20.1. The smallest absolute Gasteiger partial charge is 0.253 e. The number of hydrogen-bond donors (Lipinski definition) is 1. The Balaban J connectivity index is 1.56. The number of anilines is 1. The first-order valence-electron chi connectivity index (χ1n) is 9.73. The lowest BCUT2D eigenvalue weighted by molar-refractivity contribution is -0.116. The Bertz CT molecular complexity index is 882. The maximum absolute atomic E-state index is 12.6. The molecule has 1 fully saturated rings. The number of hydrogen-bond acceptors (Lipinski definition) is 4. The van der Waals surface area contributed by atoms with E-state index in [1.165, 1.54) is 6.42 Å². The van der Waals surface area contributed by atoms with E-state index in [0.29, 0.717) is 16.8 Å². The number of nitrogens with one attached hydrogen (secondary N) is 1. The number of Topliss-reactive ketones (excluding diaryl/α,β-unsaturated/α-hetero) is 1. The number of likely N-dealkylation sites (tertiary alicyclic amines) is 1. The predicted octanol–water partition coefficient (Wildman–Crippen LogP) is 4.59. The van der Waals surface area contributed by atoms with Crippen molar-refractivity contribution in [3.8, 4) is 0 Å². The van der Waals surface area contributed by atoms with Gasteiger partial charge in [-0.3, -0.25) is 14.4 Å². The summed E-state index contributed by atoms with van der Waals surface area (Å²) in [6.07, 6.45) is 3.55. The van der Waals surface area contributed by atoms with Gasteiger partial charge >= 0.3 is 0 Å². The number of ketones is 1. The van der Waals surface area contributed by atoms with Gasteiger partial charge in [-0.15, -0.1) is 11.3 Å². The number of rotatable bonds is 6. The molecule has 0 spiro atoms. The Morgan fingerprint density at radius 1 is 1.04 bits per heavy atom. The minimum absolute atomic E-state index is 0.00831. The van der Waals surface area contributed by atoms with Gasteiger partial charge in [-0.25, -0.2) is 0 Å². The summed E-state index contributed by atoms with van der Waals surface area (Å²) < 4.78 is 0. The quantitative estimate of drug-likeness (QED) is 0.724. The largest absolute Gasteiger partial charge is 0.339 e. The number of amides is 2. The average Bonchev–Trinajstić information content (AvgIpc) is 3.04. The third-order valence-corrected chi connectivity index (χ3v) is 5.92. The molecule has 3 rings (SSSR count). The molecule has 0 aliphatic carbocycles. The molecule has 2 heterocycles. The van der Waals surface area contributed by atoms with Crippen LogP contribution in [0, 0.1) is 13.8 Å². The second-order valence-electron chi connectivity index (χ2n) is 7.23. The molecule has 0 bridgehead atoms. The summed E-state index contributed by atoms with van der Waals surface area (Å²) in [5.74, 6) is -0.221. The fraction of sp³-hybridized carbons (Fsp3) is 0.409. The summed E-state index contributed by atoms with van der Waals surface area (Å²) in [5.41, 5.74) is 1.88. The lowest BCUT2D eigenvalue weighted by Crippen LogP contribution is -2.35. The molecule has 1 aliphatic heterocycles. The lowest BCUT2D eigenvalue weighted by atomic mass is 10.1. The van der Waals surface area contributed by atoms with Gasteiger partial charge in [0.15, 0.2) is 5.78 Å². The molecule has 0 unspecified atom stereocenters. The van der Waals surface area contributed by atoms with Crippen LogP contribution in [0.25, 0.3) is 0 Å². The van der Waals surface area contributed by atoms with Gasteiger partial charge in [0, 0.05) is 52.5 Å². The van der Waals surface area contributed by atoms with Crippen molar-refractivity contribution in [1.82, 2.24) is 4.90 Å². The van der Waals surface area contributed by atoms with Gasteiger partial charge < -0.3 is 10.2 Å². The number of thiophene rings is 1. The summed E-state index contributed by atoms with van der Waals surface area (Å²) >= 11 is 1.59. The maximum Gasteiger partial charge on any atom is 0.253 e. The molecule has 1 aromatic heterocycles. The molecule has 6 heteroatoms. The molecule has 28 heavy (non-hydrogen) atoms. The van der Waals surface area contributed by atoms with Crippen molar-refractivity contribution in [2.45, 2.75) is 46.0 Å². The Morgan fingerprint density at radius 3 is 2.46 bits per heavy atom. The fourth-order valence-electron chi connectivity index (χ4n) is 3.50. The molecule has 2 aromatic rings. The van der Waals surface area contributed by atoms with Crippen molar-refractivity contribution in [1.29, 1.82) is 0 Å². The molecular formula is C22H26N2O3S. The van der Waals surface area contributed by atoms with Crippen LogP contribution in [0.15, 0.2) is 30.3 Å². The van der Waals surface area contributed by atoms with E-state index in [-0.39, 0.29) is 30.4 Å². The van der Waals surface area contributed by atoms with Crippen LogP contribution in [-0.4, -0.2) is 35.6 Å². The van der Waals surface area contributed by atoms with E-state index in [2.05, 4.69) is 5.32 Å². The number of nitrogens with zero attached hydrogens (tertiary/aromatic N) is 1. The summed E-state index contributed by atoms with van der Waals surface area (Å²) in [7, 11) is 0. The number of carbonyl (C=O) groups is 3. The molecule has 1 aromatic carbocycles. The Morgan fingerprint density at radius 2 is 1.79 bits per heavy atom. The second kappa shape index (κ2) is 9.15. The molecule has 1 N–H and O–H groups in total. The highest BCUT2D eigenvalue weighted by Gasteiger charge is 2.19. The Labute approximate surface area is 169 Å². The molecule has 0 atom stereocenters. The van der Waals surface area contributed by atoms with E-state index in [1.54, 1.807) is 35.6 Å². The Kier molecular flexibility index (Phi) is 6.62. The zero-order valence-corrected chi connectivity index (χ0v) is 17.2. The van der Waals surface area contributed by atoms with Crippen molar-refractivity contribution in [2.75, 3.05) is 18.4 Å². The Hall–Kier alpha value is -2.47. The summed E-state index contributed by atoms with van der Waals surface area (Å²) in [4.78, 5) is 41.2. The topological polar surface area (TPSA) is 66.5 Å². The summed E-state index contributed by atoms with van der Waals surface area (Å²) in [6, 6.07) is 8.91. The van der Waals surface area contributed by atoms with Crippen LogP contribution >= 0.6 is 11.3 Å². The predicted molar refractivity (Wildman–Crippen MR) is 112 cm³/mol. The standard InChI is InChI=1S/C22H26N2O3S/c1-15-13-19(16(2)28-15)20(25)9-10-21(26)23-18-8-6-7-17(14-18)22(27)24-11-4-3-5-12-24/h6-8,13-14H,3-5,9-12H2,1-2H3,(H,23,26). The molecule has 5 nitrogen and oxygen atoms in total. The number of aryl methyl sites for hydroxylation is 2. The van der Waals surface area contributed by atoms with Crippen molar-refractivity contribution >= 4 is 34.6 Å². The average molecular weight is 399 g/mol. The SMILES string of the molecule is Cc1cc(C(=O)CCC(=O)Nc2cccc(C(=O)N3CCCCC3)c2)c(C)s1.